The lowest BCUT2D eigenvalue weighted by Crippen LogP contribution is -2.25. The van der Waals surface area contributed by atoms with Gasteiger partial charge in [-0.3, -0.25) is 0 Å². The van der Waals surface area contributed by atoms with E-state index in [1.807, 2.05) is 0 Å². The molecule has 0 atom stereocenters. The van der Waals surface area contributed by atoms with Gasteiger partial charge in [-0.25, -0.2) is 0 Å². The summed E-state index contributed by atoms with van der Waals surface area (Å²) in [4.78, 5) is 0. The van der Waals surface area contributed by atoms with Gasteiger partial charge in [-0.2, -0.15) is 0 Å². The van der Waals surface area contributed by atoms with Gasteiger partial charge in [0.15, 0.2) is 0 Å². The van der Waals surface area contributed by atoms with Crippen LogP contribution in [0.2, 0.25) is 0 Å². The average Bonchev–Trinajstić information content (AvgIpc) is 3.15. The first-order chi connectivity index (χ1) is 17.9. The molecule has 190 valence electrons. The zero-order valence-electron chi connectivity index (χ0n) is 23.7. The van der Waals surface area contributed by atoms with Crippen LogP contribution >= 0.6 is 0 Å². The molecule has 0 amide bonds. The summed E-state index contributed by atoms with van der Waals surface area (Å²) in [7, 11) is 0. The van der Waals surface area contributed by atoms with E-state index in [4.69, 9.17) is 0 Å². The van der Waals surface area contributed by atoms with Gasteiger partial charge in [0.2, 0.25) is 0 Å². The smallest absolute Gasteiger partial charge is 0.0215 e. The summed E-state index contributed by atoms with van der Waals surface area (Å²) in [5, 5.41) is 0. The zero-order valence-corrected chi connectivity index (χ0v) is 23.7. The predicted octanol–water partition coefficient (Wildman–Crippen LogP) is 10.9. The van der Waals surface area contributed by atoms with Crippen molar-refractivity contribution in [2.75, 3.05) is 0 Å². The minimum absolute atomic E-state index is 0.0832. The molecule has 0 heteroatoms. The minimum Gasteiger partial charge on any atom is -0.0654 e. The van der Waals surface area contributed by atoms with Crippen molar-refractivity contribution < 1.29 is 0 Å². The van der Waals surface area contributed by atoms with E-state index in [-0.39, 0.29) is 5.41 Å². The third-order valence-corrected chi connectivity index (χ3v) is 8.66. The molecule has 0 unspecified atom stereocenters. The highest BCUT2D eigenvalue weighted by atomic mass is 14.4. The van der Waals surface area contributed by atoms with E-state index in [2.05, 4.69) is 114 Å². The molecule has 0 N–H and O–H groups in total. The van der Waals surface area contributed by atoms with Crippen molar-refractivity contribution in [1.29, 1.82) is 0 Å². The number of aryl methyl sites for hydroxylation is 4. The molecule has 1 aliphatic rings. The van der Waals surface area contributed by atoms with Crippen LogP contribution in [-0.2, 0) is 5.41 Å². The molecule has 0 aromatic heterocycles. The highest BCUT2D eigenvalue weighted by molar-refractivity contribution is 5.86. The average molecular weight is 487 g/mol. The number of benzene rings is 4. The van der Waals surface area contributed by atoms with Crippen molar-refractivity contribution in [2.45, 2.75) is 85.5 Å². The number of hydrogen-bond donors (Lipinski definition) is 0. The summed E-state index contributed by atoms with van der Waals surface area (Å²) >= 11 is 0. The van der Waals surface area contributed by atoms with Crippen LogP contribution in [0.1, 0.15) is 85.8 Å². The molecule has 0 fully saturated rings. The van der Waals surface area contributed by atoms with Crippen LogP contribution in [0.3, 0.4) is 0 Å². The second kappa shape index (κ2) is 10.3. The largest absolute Gasteiger partial charge is 0.0654 e. The molecular weight excluding hydrogens is 444 g/mol. The molecule has 0 nitrogen and oxygen atoms in total. The van der Waals surface area contributed by atoms with Crippen LogP contribution in [0.15, 0.2) is 72.8 Å². The van der Waals surface area contributed by atoms with E-state index >= 15 is 0 Å². The van der Waals surface area contributed by atoms with Crippen LogP contribution < -0.4 is 0 Å². The molecule has 4 aromatic rings. The lowest BCUT2D eigenvalue weighted by atomic mass is 9.70. The summed E-state index contributed by atoms with van der Waals surface area (Å²) in [6, 6.07) is 28.4. The zero-order chi connectivity index (χ0) is 26.2. The molecule has 0 saturated heterocycles. The maximum Gasteiger partial charge on any atom is 0.0215 e. The first-order valence-electron chi connectivity index (χ1n) is 14.3. The van der Waals surface area contributed by atoms with Gasteiger partial charge in [-0.1, -0.05) is 111 Å². The Morgan fingerprint density at radius 1 is 0.486 bits per heavy atom. The fourth-order valence-electron chi connectivity index (χ4n) is 6.73. The lowest BCUT2D eigenvalue weighted by Gasteiger charge is -2.33. The Bertz CT molecular complexity index is 1320. The molecule has 4 aromatic carbocycles. The summed E-state index contributed by atoms with van der Waals surface area (Å²) in [6.45, 7) is 13.5. The van der Waals surface area contributed by atoms with Crippen LogP contribution in [0.5, 0.6) is 0 Å². The van der Waals surface area contributed by atoms with Gasteiger partial charge in [-0.15, -0.1) is 0 Å². The van der Waals surface area contributed by atoms with Crippen molar-refractivity contribution >= 4 is 0 Å². The van der Waals surface area contributed by atoms with Gasteiger partial charge in [0, 0.05) is 5.41 Å². The van der Waals surface area contributed by atoms with E-state index in [9.17, 15) is 0 Å². The molecule has 0 aliphatic heterocycles. The SMILES string of the molecule is CCCCC1(CCCC)c2cc(-c3ccc(C)cc3C)ccc2-c2ccc(-c3ccc(C)cc3C)cc21. The van der Waals surface area contributed by atoms with Gasteiger partial charge >= 0.3 is 0 Å². The Morgan fingerprint density at radius 2 is 0.892 bits per heavy atom. The molecule has 37 heavy (non-hydrogen) atoms. The Labute approximate surface area is 224 Å². The van der Waals surface area contributed by atoms with E-state index < -0.39 is 0 Å². The Hall–Kier alpha value is -3.12. The quantitative estimate of drug-likeness (QED) is 0.232. The fraction of sp³-hybridized carbons (Fsp3) is 0.351. The Balaban J connectivity index is 1.72. The van der Waals surface area contributed by atoms with Crippen molar-refractivity contribution in [3.63, 3.8) is 0 Å². The highest BCUT2D eigenvalue weighted by Crippen LogP contribution is 2.55. The van der Waals surface area contributed by atoms with Crippen LogP contribution in [0, 0.1) is 27.7 Å². The standard InChI is InChI=1S/C37H42/c1-7-9-19-37(20-10-8-2)35-23-29(31-15-11-25(3)21-27(31)5)13-17-33(35)34-18-14-30(24-36(34)37)32-16-12-26(4)22-28(32)6/h11-18,21-24H,7-10,19-20H2,1-6H3. The molecule has 1 aliphatic carbocycles. The fourth-order valence-corrected chi connectivity index (χ4v) is 6.73. The monoisotopic (exact) mass is 486 g/mol. The Morgan fingerprint density at radius 3 is 1.27 bits per heavy atom. The van der Waals surface area contributed by atoms with Crippen molar-refractivity contribution in [3.8, 4) is 33.4 Å². The van der Waals surface area contributed by atoms with Gasteiger partial charge in [0.1, 0.15) is 0 Å². The molecule has 0 bridgehead atoms. The number of rotatable bonds is 8. The van der Waals surface area contributed by atoms with E-state index in [0.717, 1.165) is 0 Å². The number of fused-ring (bicyclic) bond motifs is 3. The predicted molar refractivity (Wildman–Crippen MR) is 162 cm³/mol. The third kappa shape index (κ3) is 4.56. The molecule has 0 saturated carbocycles. The minimum atomic E-state index is 0.0832. The second-order valence-electron chi connectivity index (χ2n) is 11.4. The summed E-state index contributed by atoms with van der Waals surface area (Å²) in [5.74, 6) is 0. The van der Waals surface area contributed by atoms with Crippen molar-refractivity contribution in [3.05, 3.63) is 106 Å². The molecule has 0 spiro atoms. The number of hydrogen-bond acceptors (Lipinski definition) is 0. The van der Waals surface area contributed by atoms with E-state index in [0.29, 0.717) is 0 Å². The third-order valence-electron chi connectivity index (χ3n) is 8.66. The lowest BCUT2D eigenvalue weighted by molar-refractivity contribution is 0.414. The van der Waals surface area contributed by atoms with Crippen LogP contribution in [0.25, 0.3) is 33.4 Å². The Kier molecular flexibility index (Phi) is 7.13. The van der Waals surface area contributed by atoms with Gasteiger partial charge in [0.05, 0.1) is 0 Å². The van der Waals surface area contributed by atoms with Crippen molar-refractivity contribution in [2.24, 2.45) is 0 Å². The van der Waals surface area contributed by atoms with Gasteiger partial charge in [0.25, 0.3) is 0 Å². The molecular formula is C37H42. The van der Waals surface area contributed by atoms with Crippen LogP contribution in [0.4, 0.5) is 0 Å². The summed E-state index contributed by atoms with van der Waals surface area (Å²) in [5.41, 5.74) is 16.9. The van der Waals surface area contributed by atoms with Crippen LogP contribution in [-0.4, -0.2) is 0 Å². The topological polar surface area (TPSA) is 0 Å². The van der Waals surface area contributed by atoms with Gasteiger partial charge < -0.3 is 0 Å². The van der Waals surface area contributed by atoms with E-state index in [1.54, 1.807) is 11.1 Å². The summed E-state index contributed by atoms with van der Waals surface area (Å²) < 4.78 is 0. The number of unbranched alkanes of at least 4 members (excludes halogenated alkanes) is 2. The highest BCUT2D eigenvalue weighted by Gasteiger charge is 2.42. The summed E-state index contributed by atoms with van der Waals surface area (Å²) in [6.07, 6.45) is 7.40. The normalized spacial score (nSPS) is 13.5. The maximum absolute atomic E-state index is 2.55. The van der Waals surface area contributed by atoms with E-state index in [1.165, 1.54) is 94.2 Å². The molecule has 5 rings (SSSR count). The first-order valence-corrected chi connectivity index (χ1v) is 14.3. The molecule has 0 heterocycles. The van der Waals surface area contributed by atoms with Crippen molar-refractivity contribution in [1.82, 2.24) is 0 Å². The van der Waals surface area contributed by atoms with Gasteiger partial charge in [-0.05, 0) is 108 Å². The second-order valence-corrected chi connectivity index (χ2v) is 11.4. The maximum atomic E-state index is 2.55. The molecule has 0 radical (unpaired) electrons. The first kappa shape index (κ1) is 25.5.